The zero-order valence-electron chi connectivity index (χ0n) is 19.1. The van der Waals surface area contributed by atoms with Crippen LogP contribution < -0.4 is 10.2 Å². The fraction of sp³-hybridized carbons (Fsp3) is 0.148. The average molecular weight is 455 g/mol. The third-order valence-electron chi connectivity index (χ3n) is 5.80. The van der Waals surface area contributed by atoms with Gasteiger partial charge < -0.3 is 15.2 Å². The summed E-state index contributed by atoms with van der Waals surface area (Å²) in [5.74, 6) is -0.316. The Hall–Kier alpha value is -4.39. The van der Waals surface area contributed by atoms with E-state index in [1.165, 1.54) is 18.2 Å². The second-order valence-electron chi connectivity index (χ2n) is 8.26. The Morgan fingerprint density at radius 1 is 1.09 bits per heavy atom. The maximum Gasteiger partial charge on any atom is 0.270 e. The van der Waals surface area contributed by atoms with E-state index in [4.69, 9.17) is 0 Å². The van der Waals surface area contributed by atoms with Crippen LogP contribution in [-0.2, 0) is 4.79 Å². The summed E-state index contributed by atoms with van der Waals surface area (Å²) in [4.78, 5) is 28.5. The van der Waals surface area contributed by atoms with E-state index < -0.39 is 4.92 Å². The summed E-state index contributed by atoms with van der Waals surface area (Å²) in [5.41, 5.74) is 4.93. The maximum absolute atomic E-state index is 12.6. The number of fused-ring (bicyclic) bond motifs is 1. The summed E-state index contributed by atoms with van der Waals surface area (Å²) in [5, 5.41) is 15.1. The number of hydrogen-bond donors (Lipinski definition) is 2. The van der Waals surface area contributed by atoms with E-state index in [2.05, 4.69) is 40.6 Å². The number of nitro groups is 1. The lowest BCUT2D eigenvalue weighted by Gasteiger charge is -2.19. The molecule has 4 rings (SSSR count). The lowest BCUT2D eigenvalue weighted by Crippen LogP contribution is -2.27. The number of aromatic nitrogens is 1. The van der Waals surface area contributed by atoms with Crippen LogP contribution in [0.3, 0.4) is 0 Å². The number of nitrogens with one attached hydrogen (secondary N) is 2. The van der Waals surface area contributed by atoms with E-state index in [1.54, 1.807) is 18.2 Å². The number of non-ortho nitro benzene ring substituents is 1. The molecule has 1 aromatic heterocycles. The lowest BCUT2D eigenvalue weighted by atomic mass is 9.90. The minimum atomic E-state index is -0.454. The van der Waals surface area contributed by atoms with Crippen molar-refractivity contribution < 1.29 is 9.72 Å². The van der Waals surface area contributed by atoms with Gasteiger partial charge in [-0.25, -0.2) is 0 Å². The van der Waals surface area contributed by atoms with Gasteiger partial charge in [-0.3, -0.25) is 14.9 Å². The molecule has 0 aliphatic heterocycles. The lowest BCUT2D eigenvalue weighted by molar-refractivity contribution is -0.384. The summed E-state index contributed by atoms with van der Waals surface area (Å²) < 4.78 is 0. The van der Waals surface area contributed by atoms with E-state index in [0.717, 1.165) is 27.7 Å². The van der Waals surface area contributed by atoms with Crippen LogP contribution in [0, 0.1) is 10.1 Å². The number of carbonyl (C=O) groups is 1. The van der Waals surface area contributed by atoms with Crippen LogP contribution in [0.2, 0.25) is 0 Å². The van der Waals surface area contributed by atoms with Gasteiger partial charge in [-0.2, -0.15) is 0 Å². The summed E-state index contributed by atoms with van der Waals surface area (Å²) in [6.07, 6.45) is 4.98. The third kappa shape index (κ3) is 5.15. The number of benzene rings is 3. The quantitative estimate of drug-likeness (QED) is 0.220. The largest absolute Gasteiger partial charge is 0.378 e. The molecule has 1 atom stereocenters. The Morgan fingerprint density at radius 3 is 2.59 bits per heavy atom. The van der Waals surface area contributed by atoms with Crippen molar-refractivity contribution in [2.24, 2.45) is 0 Å². The van der Waals surface area contributed by atoms with Crippen molar-refractivity contribution in [2.75, 3.05) is 25.5 Å². The van der Waals surface area contributed by atoms with Crippen LogP contribution >= 0.6 is 0 Å². The van der Waals surface area contributed by atoms with Gasteiger partial charge in [0.05, 0.1) is 4.92 Å². The predicted octanol–water partition coefficient (Wildman–Crippen LogP) is 5.10. The third-order valence-corrected chi connectivity index (χ3v) is 5.80. The first kappa shape index (κ1) is 22.8. The van der Waals surface area contributed by atoms with Crippen LogP contribution in [0.1, 0.15) is 22.6 Å². The molecule has 0 bridgehead atoms. The van der Waals surface area contributed by atoms with Crippen LogP contribution in [0.4, 0.5) is 11.4 Å². The Bertz CT molecular complexity index is 1340. The van der Waals surface area contributed by atoms with Crippen LogP contribution in [-0.4, -0.2) is 36.5 Å². The van der Waals surface area contributed by atoms with Gasteiger partial charge in [-0.1, -0.05) is 42.5 Å². The molecular formula is C27H26N4O3. The molecule has 3 aromatic carbocycles. The normalized spacial score (nSPS) is 12.1. The maximum atomic E-state index is 12.6. The molecule has 0 saturated heterocycles. The van der Waals surface area contributed by atoms with Crippen LogP contribution in [0.25, 0.3) is 17.0 Å². The van der Waals surface area contributed by atoms with Crippen molar-refractivity contribution in [3.05, 3.63) is 112 Å². The Morgan fingerprint density at radius 2 is 1.85 bits per heavy atom. The van der Waals surface area contributed by atoms with Crippen molar-refractivity contribution in [3.8, 4) is 0 Å². The van der Waals surface area contributed by atoms with Gasteiger partial charge in [-0.15, -0.1) is 0 Å². The van der Waals surface area contributed by atoms with Gasteiger partial charge >= 0.3 is 0 Å². The highest BCUT2D eigenvalue weighted by Crippen LogP contribution is 2.31. The molecule has 0 fully saturated rings. The monoisotopic (exact) mass is 454 g/mol. The summed E-state index contributed by atoms with van der Waals surface area (Å²) in [6, 6.07) is 22.6. The minimum absolute atomic E-state index is 0.0110. The van der Waals surface area contributed by atoms with Gasteiger partial charge in [0.25, 0.3) is 5.69 Å². The van der Waals surface area contributed by atoms with Gasteiger partial charge in [0.2, 0.25) is 5.91 Å². The van der Waals surface area contributed by atoms with Crippen molar-refractivity contribution in [2.45, 2.75) is 5.92 Å². The second kappa shape index (κ2) is 10.0. The number of anilines is 1. The van der Waals surface area contributed by atoms with Gasteiger partial charge in [0.1, 0.15) is 0 Å². The standard InChI is InChI=1S/C27H26N4O3/c1-30(2)21-13-11-20(12-14-21)24(25-18-28-26-9-4-3-8-23(25)26)17-29-27(32)15-10-19-6-5-7-22(16-19)31(33)34/h3-16,18,24,28H,17H2,1-2H3,(H,29,32). The molecule has 0 saturated carbocycles. The molecule has 1 amide bonds. The molecule has 34 heavy (non-hydrogen) atoms. The second-order valence-corrected chi connectivity index (χ2v) is 8.26. The highest BCUT2D eigenvalue weighted by atomic mass is 16.6. The van der Waals surface area contributed by atoms with Crippen LogP contribution in [0.5, 0.6) is 0 Å². The minimum Gasteiger partial charge on any atom is -0.378 e. The number of amides is 1. The molecule has 7 nitrogen and oxygen atoms in total. The Balaban J connectivity index is 1.55. The fourth-order valence-corrected chi connectivity index (χ4v) is 3.97. The van der Waals surface area contributed by atoms with Crippen molar-refractivity contribution in [1.82, 2.24) is 10.3 Å². The number of rotatable bonds is 8. The molecule has 2 N–H and O–H groups in total. The molecular weight excluding hydrogens is 428 g/mol. The number of hydrogen-bond acceptors (Lipinski definition) is 4. The fourth-order valence-electron chi connectivity index (χ4n) is 3.97. The smallest absolute Gasteiger partial charge is 0.270 e. The molecule has 1 heterocycles. The Labute approximate surface area is 197 Å². The molecule has 0 radical (unpaired) electrons. The number of carbonyl (C=O) groups excluding carboxylic acids is 1. The number of para-hydroxylation sites is 1. The van der Waals surface area contributed by atoms with E-state index in [9.17, 15) is 14.9 Å². The number of nitrogens with zero attached hydrogens (tertiary/aromatic N) is 2. The summed E-state index contributed by atoms with van der Waals surface area (Å²) in [7, 11) is 4.00. The van der Waals surface area contributed by atoms with Crippen molar-refractivity contribution in [3.63, 3.8) is 0 Å². The van der Waals surface area contributed by atoms with E-state index in [1.807, 2.05) is 43.4 Å². The molecule has 172 valence electrons. The highest BCUT2D eigenvalue weighted by molar-refractivity contribution is 5.92. The number of aromatic amines is 1. The zero-order valence-corrected chi connectivity index (χ0v) is 19.1. The van der Waals surface area contributed by atoms with Crippen molar-refractivity contribution in [1.29, 1.82) is 0 Å². The molecule has 4 aromatic rings. The molecule has 0 aliphatic carbocycles. The SMILES string of the molecule is CN(C)c1ccc(C(CNC(=O)C=Cc2cccc([N+](=O)[O-])c2)c2c[nH]c3ccccc23)cc1. The summed E-state index contributed by atoms with van der Waals surface area (Å²) in [6.45, 7) is 0.404. The first-order valence-electron chi connectivity index (χ1n) is 11.0. The average Bonchev–Trinajstić information content (AvgIpc) is 3.27. The highest BCUT2D eigenvalue weighted by Gasteiger charge is 2.19. The molecule has 0 aliphatic rings. The molecule has 1 unspecified atom stereocenters. The molecule has 7 heteroatoms. The van der Waals surface area contributed by atoms with E-state index >= 15 is 0 Å². The number of nitro benzene ring substituents is 1. The van der Waals surface area contributed by atoms with Gasteiger partial charge in [0.15, 0.2) is 0 Å². The summed E-state index contributed by atoms with van der Waals surface area (Å²) >= 11 is 0. The predicted molar refractivity (Wildman–Crippen MR) is 136 cm³/mol. The van der Waals surface area contributed by atoms with E-state index in [-0.39, 0.29) is 17.5 Å². The first-order chi connectivity index (χ1) is 16.4. The Kier molecular flexibility index (Phi) is 6.73. The molecule has 0 spiro atoms. The van der Waals surface area contributed by atoms with Gasteiger partial charge in [-0.05, 0) is 41.0 Å². The number of H-pyrrole nitrogens is 1. The van der Waals surface area contributed by atoms with E-state index in [0.29, 0.717) is 12.1 Å². The first-order valence-corrected chi connectivity index (χ1v) is 11.0. The van der Waals surface area contributed by atoms with Crippen molar-refractivity contribution >= 4 is 34.3 Å². The van der Waals surface area contributed by atoms with Gasteiger partial charge in [0, 0.05) is 67.6 Å². The zero-order chi connectivity index (χ0) is 24.1. The van der Waals surface area contributed by atoms with Crippen LogP contribution in [0.15, 0.2) is 85.1 Å². The topological polar surface area (TPSA) is 91.3 Å².